The zero-order valence-corrected chi connectivity index (χ0v) is 17.8. The number of allylic oxidation sites excluding steroid dienone is 2. The molecule has 0 aliphatic heterocycles. The van der Waals surface area contributed by atoms with E-state index < -0.39 is 0 Å². The highest BCUT2D eigenvalue weighted by Crippen LogP contribution is 2.35. The van der Waals surface area contributed by atoms with Gasteiger partial charge >= 0.3 is 5.97 Å². The molecule has 3 atom stereocenters. The first-order valence-corrected chi connectivity index (χ1v) is 10.2. The van der Waals surface area contributed by atoms with Crippen LogP contribution in [0, 0.1) is 11.8 Å². The second-order valence-electron chi connectivity index (χ2n) is 7.28. The Bertz CT molecular complexity index is 612. The molecule has 0 N–H and O–H groups in total. The Balaban J connectivity index is 1.63. The van der Waals surface area contributed by atoms with Crippen LogP contribution in [0.4, 0.5) is 0 Å². The number of rotatable bonds is 13. The molecule has 0 radical (unpaired) electrons. The van der Waals surface area contributed by atoms with Crippen molar-refractivity contribution < 1.29 is 28.5 Å². The van der Waals surface area contributed by atoms with E-state index in [9.17, 15) is 4.79 Å². The van der Waals surface area contributed by atoms with Crippen LogP contribution in [-0.2, 0) is 30.3 Å². The first-order chi connectivity index (χ1) is 14.2. The molecule has 1 saturated carbocycles. The van der Waals surface area contributed by atoms with Crippen LogP contribution < -0.4 is 4.74 Å². The van der Waals surface area contributed by atoms with E-state index in [1.165, 1.54) is 7.11 Å². The normalized spacial score (nSPS) is 21.6. The van der Waals surface area contributed by atoms with Crippen molar-refractivity contribution in [2.75, 3.05) is 34.7 Å². The minimum Gasteiger partial charge on any atom is -0.497 e. The summed E-state index contributed by atoms with van der Waals surface area (Å²) in [4.78, 5) is 12.0. The van der Waals surface area contributed by atoms with Gasteiger partial charge in [0.15, 0.2) is 0 Å². The Kier molecular flexibility index (Phi) is 10.8. The van der Waals surface area contributed by atoms with Gasteiger partial charge in [0.05, 0.1) is 32.8 Å². The lowest BCUT2D eigenvalue weighted by atomic mass is 9.95. The average molecular weight is 407 g/mol. The van der Waals surface area contributed by atoms with E-state index in [0.717, 1.165) is 43.6 Å². The fraction of sp³-hybridized carbons (Fsp3) is 0.609. The third-order valence-corrected chi connectivity index (χ3v) is 5.21. The largest absolute Gasteiger partial charge is 0.497 e. The lowest BCUT2D eigenvalue weighted by molar-refractivity contribution is -0.146. The summed E-state index contributed by atoms with van der Waals surface area (Å²) >= 11 is 0. The maximum atomic E-state index is 12.0. The number of methoxy groups -OCH3 is 3. The van der Waals surface area contributed by atoms with Crippen molar-refractivity contribution in [1.82, 2.24) is 0 Å². The summed E-state index contributed by atoms with van der Waals surface area (Å²) in [6.45, 7) is 1.61. The first kappa shape index (κ1) is 23.4. The summed E-state index contributed by atoms with van der Waals surface area (Å²) in [6, 6.07) is 7.92. The maximum absolute atomic E-state index is 12.0. The summed E-state index contributed by atoms with van der Waals surface area (Å²) < 4.78 is 26.5. The van der Waals surface area contributed by atoms with Crippen LogP contribution >= 0.6 is 0 Å². The number of unbranched alkanes of at least 4 members (excludes halogenated alkanes) is 2. The molecule has 0 amide bonds. The standard InChI is InChI=1S/C23H34O6/c1-25-17-29-21-14-19(22(15-21)23(24)27-3)8-6-4-5-7-13-28-16-18-9-11-20(26-2)12-10-18/h6,8-12,19,21-22H,4-5,7,13-17H2,1-3H3/b8-6+/t19-,21+,22-/m1/s1. The third kappa shape index (κ3) is 8.17. The zero-order chi connectivity index (χ0) is 20.9. The predicted octanol–water partition coefficient (Wildman–Crippen LogP) is 4.13. The van der Waals surface area contributed by atoms with Crippen LogP contribution in [0.1, 0.15) is 37.7 Å². The van der Waals surface area contributed by atoms with E-state index in [4.69, 9.17) is 23.7 Å². The summed E-state index contributed by atoms with van der Waals surface area (Å²) in [5, 5.41) is 0. The number of hydrogen-bond donors (Lipinski definition) is 0. The second kappa shape index (κ2) is 13.4. The maximum Gasteiger partial charge on any atom is 0.309 e. The molecule has 162 valence electrons. The number of hydrogen-bond acceptors (Lipinski definition) is 6. The van der Waals surface area contributed by atoms with Gasteiger partial charge in [-0.05, 0) is 55.7 Å². The first-order valence-electron chi connectivity index (χ1n) is 10.2. The Morgan fingerprint density at radius 1 is 1.10 bits per heavy atom. The van der Waals surface area contributed by atoms with Gasteiger partial charge in [-0.2, -0.15) is 0 Å². The third-order valence-electron chi connectivity index (χ3n) is 5.21. The summed E-state index contributed by atoms with van der Waals surface area (Å²) in [5.41, 5.74) is 1.14. The van der Waals surface area contributed by atoms with Gasteiger partial charge in [-0.25, -0.2) is 0 Å². The molecule has 0 unspecified atom stereocenters. The van der Waals surface area contributed by atoms with E-state index in [0.29, 0.717) is 13.0 Å². The molecule has 1 aliphatic carbocycles. The lowest BCUT2D eigenvalue weighted by Crippen LogP contribution is -2.19. The number of carbonyl (C=O) groups is 1. The topological polar surface area (TPSA) is 63.2 Å². The molecule has 0 saturated heterocycles. The number of esters is 1. The molecule has 0 heterocycles. The Labute approximate surface area is 174 Å². The zero-order valence-electron chi connectivity index (χ0n) is 17.8. The Hall–Kier alpha value is -1.89. The molecule has 6 heteroatoms. The van der Waals surface area contributed by atoms with Crippen LogP contribution in [0.5, 0.6) is 5.75 Å². The number of ether oxygens (including phenoxy) is 5. The quantitative estimate of drug-likeness (QED) is 0.212. The minimum absolute atomic E-state index is 0.0417. The highest BCUT2D eigenvalue weighted by Gasteiger charge is 2.38. The molecule has 1 aromatic carbocycles. The van der Waals surface area contributed by atoms with Crippen molar-refractivity contribution in [3.05, 3.63) is 42.0 Å². The van der Waals surface area contributed by atoms with Gasteiger partial charge in [-0.1, -0.05) is 24.3 Å². The molecular weight excluding hydrogens is 372 g/mol. The van der Waals surface area contributed by atoms with E-state index >= 15 is 0 Å². The SMILES string of the molecule is COCO[C@H]1C[C@@H](/C=C/CCCCOCc2ccc(OC)cc2)[C@H](C(=O)OC)C1. The molecule has 1 fully saturated rings. The fourth-order valence-electron chi connectivity index (χ4n) is 3.61. The molecule has 0 bridgehead atoms. The highest BCUT2D eigenvalue weighted by molar-refractivity contribution is 5.73. The van der Waals surface area contributed by atoms with Gasteiger partial charge < -0.3 is 23.7 Å². The summed E-state index contributed by atoms with van der Waals surface area (Å²) in [6.07, 6.45) is 8.90. The molecule has 6 nitrogen and oxygen atoms in total. The van der Waals surface area contributed by atoms with Crippen molar-refractivity contribution in [1.29, 1.82) is 0 Å². The second-order valence-corrected chi connectivity index (χ2v) is 7.28. The smallest absolute Gasteiger partial charge is 0.309 e. The molecule has 2 rings (SSSR count). The van der Waals surface area contributed by atoms with Crippen molar-refractivity contribution in [2.24, 2.45) is 11.8 Å². The summed E-state index contributed by atoms with van der Waals surface area (Å²) in [5.74, 6) is 0.727. The highest BCUT2D eigenvalue weighted by atomic mass is 16.7. The molecule has 0 spiro atoms. The molecule has 29 heavy (non-hydrogen) atoms. The van der Waals surface area contributed by atoms with Crippen LogP contribution in [-0.4, -0.2) is 46.8 Å². The molecule has 1 aliphatic rings. The van der Waals surface area contributed by atoms with E-state index in [-0.39, 0.29) is 30.7 Å². The summed E-state index contributed by atoms with van der Waals surface area (Å²) in [7, 11) is 4.71. The van der Waals surface area contributed by atoms with Crippen LogP contribution in [0.2, 0.25) is 0 Å². The van der Waals surface area contributed by atoms with Gasteiger partial charge in [0.1, 0.15) is 12.5 Å². The fourth-order valence-corrected chi connectivity index (χ4v) is 3.61. The van der Waals surface area contributed by atoms with Gasteiger partial charge in [0, 0.05) is 13.7 Å². The lowest BCUT2D eigenvalue weighted by Gasteiger charge is -2.12. The average Bonchev–Trinajstić information content (AvgIpc) is 3.17. The van der Waals surface area contributed by atoms with Crippen molar-refractivity contribution in [2.45, 2.75) is 44.8 Å². The van der Waals surface area contributed by atoms with Crippen LogP contribution in [0.3, 0.4) is 0 Å². The van der Waals surface area contributed by atoms with Gasteiger partial charge in [-0.15, -0.1) is 0 Å². The monoisotopic (exact) mass is 406 g/mol. The minimum atomic E-state index is -0.157. The Morgan fingerprint density at radius 2 is 1.90 bits per heavy atom. The van der Waals surface area contributed by atoms with Crippen LogP contribution in [0.15, 0.2) is 36.4 Å². The predicted molar refractivity (Wildman–Crippen MR) is 111 cm³/mol. The van der Waals surface area contributed by atoms with E-state index in [1.807, 2.05) is 24.3 Å². The van der Waals surface area contributed by atoms with Gasteiger partial charge in [-0.3, -0.25) is 4.79 Å². The number of carbonyl (C=O) groups excluding carboxylic acids is 1. The van der Waals surface area contributed by atoms with Gasteiger partial charge in [0.25, 0.3) is 0 Å². The van der Waals surface area contributed by atoms with Crippen LogP contribution in [0.25, 0.3) is 0 Å². The van der Waals surface area contributed by atoms with Crippen molar-refractivity contribution in [3.8, 4) is 5.75 Å². The van der Waals surface area contributed by atoms with Gasteiger partial charge in [0.2, 0.25) is 0 Å². The van der Waals surface area contributed by atoms with E-state index in [1.54, 1.807) is 14.2 Å². The molecule has 1 aromatic rings. The molecule has 0 aromatic heterocycles. The molecular formula is C23H34O6. The Morgan fingerprint density at radius 3 is 2.59 bits per heavy atom. The van der Waals surface area contributed by atoms with E-state index in [2.05, 4.69) is 12.2 Å². The van der Waals surface area contributed by atoms with Crippen molar-refractivity contribution >= 4 is 5.97 Å². The number of benzene rings is 1. The van der Waals surface area contributed by atoms with Crippen molar-refractivity contribution in [3.63, 3.8) is 0 Å².